The number of carbonyl (C=O) groups is 1. The van der Waals surface area contributed by atoms with Gasteiger partial charge in [-0.25, -0.2) is 4.39 Å². The number of hydrogen-bond acceptors (Lipinski definition) is 2. The van der Waals surface area contributed by atoms with Crippen molar-refractivity contribution < 1.29 is 9.18 Å². The molecule has 0 radical (unpaired) electrons. The van der Waals surface area contributed by atoms with Crippen molar-refractivity contribution in [1.29, 1.82) is 0 Å². The normalized spacial score (nSPS) is 12.0. The van der Waals surface area contributed by atoms with Crippen molar-refractivity contribution in [2.24, 2.45) is 0 Å². The van der Waals surface area contributed by atoms with Gasteiger partial charge in [0.25, 0.3) is 0 Å². The van der Waals surface area contributed by atoms with Crippen molar-refractivity contribution in [3.8, 4) is 0 Å². The zero-order chi connectivity index (χ0) is 16.7. The number of nitrogens with one attached hydrogen (secondary N) is 1. The van der Waals surface area contributed by atoms with Crippen molar-refractivity contribution >= 4 is 17.7 Å². The topological polar surface area (TPSA) is 29.1 Å². The van der Waals surface area contributed by atoms with Crippen LogP contribution in [0.3, 0.4) is 0 Å². The average molecular weight is 331 g/mol. The lowest BCUT2D eigenvalue weighted by Gasteiger charge is -2.17. The molecule has 122 valence electrons. The van der Waals surface area contributed by atoms with E-state index < -0.39 is 0 Å². The van der Waals surface area contributed by atoms with Gasteiger partial charge in [0.05, 0.1) is 11.8 Å². The SMILES string of the molecule is CCC(NC(=O)CSCc1ccccc1F)c1ccc(C)cc1. The lowest BCUT2D eigenvalue weighted by atomic mass is 10.0. The molecule has 2 aromatic rings. The molecule has 0 aliphatic carbocycles. The van der Waals surface area contributed by atoms with Gasteiger partial charge in [0.15, 0.2) is 0 Å². The number of hydrogen-bond donors (Lipinski definition) is 1. The number of halogens is 1. The Bertz CT molecular complexity index is 642. The zero-order valence-corrected chi connectivity index (χ0v) is 14.3. The van der Waals surface area contributed by atoms with Gasteiger partial charge in [0.1, 0.15) is 5.82 Å². The first-order valence-corrected chi connectivity index (χ1v) is 8.92. The molecule has 0 aliphatic heterocycles. The van der Waals surface area contributed by atoms with Crippen LogP contribution >= 0.6 is 11.8 Å². The van der Waals surface area contributed by atoms with Crippen LogP contribution in [0.4, 0.5) is 4.39 Å². The maximum atomic E-state index is 13.5. The summed E-state index contributed by atoms with van der Waals surface area (Å²) in [7, 11) is 0. The number of aryl methyl sites for hydroxylation is 1. The molecule has 0 spiro atoms. The van der Waals surface area contributed by atoms with E-state index in [1.165, 1.54) is 23.4 Å². The van der Waals surface area contributed by atoms with Gasteiger partial charge in [-0.3, -0.25) is 4.79 Å². The minimum absolute atomic E-state index is 0.0150. The van der Waals surface area contributed by atoms with Gasteiger partial charge in [-0.1, -0.05) is 55.0 Å². The highest BCUT2D eigenvalue weighted by Gasteiger charge is 2.12. The largest absolute Gasteiger partial charge is 0.349 e. The third kappa shape index (κ3) is 5.39. The van der Waals surface area contributed by atoms with Crippen LogP contribution in [-0.4, -0.2) is 11.7 Å². The fraction of sp³-hybridized carbons (Fsp3) is 0.316. The van der Waals surface area contributed by atoms with E-state index in [0.717, 1.165) is 12.0 Å². The van der Waals surface area contributed by atoms with Gasteiger partial charge in [0, 0.05) is 5.75 Å². The lowest BCUT2D eigenvalue weighted by molar-refractivity contribution is -0.119. The van der Waals surface area contributed by atoms with Crippen LogP contribution in [0.1, 0.15) is 36.1 Å². The third-order valence-electron chi connectivity index (χ3n) is 3.67. The van der Waals surface area contributed by atoms with Crippen molar-refractivity contribution in [2.45, 2.75) is 32.1 Å². The Morgan fingerprint density at radius 2 is 1.87 bits per heavy atom. The number of benzene rings is 2. The Morgan fingerprint density at radius 3 is 2.52 bits per heavy atom. The summed E-state index contributed by atoms with van der Waals surface area (Å²) in [6, 6.07) is 14.9. The summed E-state index contributed by atoms with van der Waals surface area (Å²) in [4.78, 5) is 12.1. The summed E-state index contributed by atoms with van der Waals surface area (Å²) < 4.78 is 13.5. The maximum absolute atomic E-state index is 13.5. The second kappa shape index (κ2) is 8.73. The van der Waals surface area contributed by atoms with Crippen molar-refractivity contribution in [1.82, 2.24) is 5.32 Å². The van der Waals surface area contributed by atoms with E-state index in [0.29, 0.717) is 17.1 Å². The molecule has 0 bridgehead atoms. The molecular weight excluding hydrogens is 309 g/mol. The van der Waals surface area contributed by atoms with E-state index in [1.807, 2.05) is 13.0 Å². The van der Waals surface area contributed by atoms with Crippen molar-refractivity contribution in [3.63, 3.8) is 0 Å². The molecule has 1 N–H and O–H groups in total. The highest BCUT2D eigenvalue weighted by atomic mass is 32.2. The number of carbonyl (C=O) groups excluding carboxylic acids is 1. The predicted molar refractivity (Wildman–Crippen MR) is 94.9 cm³/mol. The molecule has 1 unspecified atom stereocenters. The van der Waals surface area contributed by atoms with Crippen LogP contribution in [0.5, 0.6) is 0 Å². The van der Waals surface area contributed by atoms with E-state index in [9.17, 15) is 9.18 Å². The first-order chi connectivity index (χ1) is 11.1. The minimum Gasteiger partial charge on any atom is -0.349 e. The third-order valence-corrected chi connectivity index (χ3v) is 4.65. The summed E-state index contributed by atoms with van der Waals surface area (Å²) in [6.45, 7) is 4.10. The van der Waals surface area contributed by atoms with Gasteiger partial charge in [-0.05, 0) is 30.5 Å². The van der Waals surface area contributed by atoms with E-state index >= 15 is 0 Å². The molecule has 2 rings (SSSR count). The summed E-state index contributed by atoms with van der Waals surface area (Å²) in [5.41, 5.74) is 2.96. The smallest absolute Gasteiger partial charge is 0.230 e. The maximum Gasteiger partial charge on any atom is 0.230 e. The van der Waals surface area contributed by atoms with Gasteiger partial charge >= 0.3 is 0 Å². The van der Waals surface area contributed by atoms with E-state index in [4.69, 9.17) is 0 Å². The molecule has 0 aliphatic rings. The summed E-state index contributed by atoms with van der Waals surface area (Å²) in [6.07, 6.45) is 0.840. The molecule has 1 amide bonds. The quantitative estimate of drug-likeness (QED) is 0.801. The second-order valence-corrected chi connectivity index (χ2v) is 6.51. The lowest BCUT2D eigenvalue weighted by Crippen LogP contribution is -2.29. The van der Waals surface area contributed by atoms with Gasteiger partial charge < -0.3 is 5.32 Å². The fourth-order valence-electron chi connectivity index (χ4n) is 2.32. The van der Waals surface area contributed by atoms with Crippen molar-refractivity contribution in [2.75, 3.05) is 5.75 Å². The molecule has 1 atom stereocenters. The fourth-order valence-corrected chi connectivity index (χ4v) is 3.15. The van der Waals surface area contributed by atoms with E-state index in [2.05, 4.69) is 36.5 Å². The average Bonchev–Trinajstić information content (AvgIpc) is 2.55. The zero-order valence-electron chi connectivity index (χ0n) is 13.5. The predicted octanol–water partition coefficient (Wildman–Crippen LogP) is 4.63. The Hall–Kier alpha value is -1.81. The molecule has 23 heavy (non-hydrogen) atoms. The Labute approximate surface area is 141 Å². The molecule has 0 heterocycles. The summed E-state index contributed by atoms with van der Waals surface area (Å²) in [5.74, 6) is 0.600. The molecule has 0 aromatic heterocycles. The minimum atomic E-state index is -0.216. The van der Waals surface area contributed by atoms with Crippen LogP contribution in [0.2, 0.25) is 0 Å². The van der Waals surface area contributed by atoms with E-state index in [1.54, 1.807) is 12.1 Å². The highest BCUT2D eigenvalue weighted by Crippen LogP contribution is 2.19. The molecule has 0 saturated heterocycles. The van der Waals surface area contributed by atoms with Crippen LogP contribution in [0.25, 0.3) is 0 Å². The van der Waals surface area contributed by atoms with E-state index in [-0.39, 0.29) is 17.8 Å². The number of rotatable bonds is 7. The van der Waals surface area contributed by atoms with Crippen LogP contribution in [0, 0.1) is 12.7 Å². The van der Waals surface area contributed by atoms with Gasteiger partial charge in [-0.2, -0.15) is 0 Å². The number of thioether (sulfide) groups is 1. The summed E-state index contributed by atoms with van der Waals surface area (Å²) in [5, 5.41) is 3.05. The molecular formula is C19H22FNOS. The molecule has 0 saturated carbocycles. The molecule has 0 fully saturated rings. The highest BCUT2D eigenvalue weighted by molar-refractivity contribution is 7.99. The second-order valence-electron chi connectivity index (χ2n) is 5.52. The van der Waals surface area contributed by atoms with Gasteiger partial charge in [0.2, 0.25) is 5.91 Å². The Morgan fingerprint density at radius 1 is 1.17 bits per heavy atom. The van der Waals surface area contributed by atoms with Gasteiger partial charge in [-0.15, -0.1) is 11.8 Å². The van der Waals surface area contributed by atoms with Crippen molar-refractivity contribution in [3.05, 3.63) is 71.0 Å². The standard InChI is InChI=1S/C19H22FNOS/c1-3-18(15-10-8-14(2)9-11-15)21-19(22)13-23-12-16-6-4-5-7-17(16)20/h4-11,18H,3,12-13H2,1-2H3,(H,21,22). The first kappa shape index (κ1) is 17.5. The van der Waals surface area contributed by atoms with Crippen LogP contribution < -0.4 is 5.32 Å². The summed E-state index contributed by atoms with van der Waals surface area (Å²) >= 11 is 1.43. The molecule has 2 nitrogen and oxygen atoms in total. The number of amides is 1. The van der Waals surface area contributed by atoms with Crippen LogP contribution in [-0.2, 0) is 10.5 Å². The monoisotopic (exact) mass is 331 g/mol. The molecule has 2 aromatic carbocycles. The first-order valence-electron chi connectivity index (χ1n) is 7.77. The Balaban J connectivity index is 1.83. The molecule has 4 heteroatoms. The Kier molecular flexibility index (Phi) is 6.66. The van der Waals surface area contributed by atoms with Crippen LogP contribution in [0.15, 0.2) is 48.5 Å².